The molecule has 72 valence electrons. The largest absolute Gasteiger partial charge is 0.322 e. The minimum Gasteiger partial charge on any atom is -0.322 e. The molecule has 0 bridgehead atoms. The minimum absolute atomic E-state index is 0.381. The maximum Gasteiger partial charge on any atom is 0.145 e. The molecule has 1 aromatic carbocycles. The summed E-state index contributed by atoms with van der Waals surface area (Å²) in [5.41, 5.74) is 5.28. The molecule has 0 radical (unpaired) electrons. The molecule has 1 nitrogen and oxygen atoms in total. The maximum absolute atomic E-state index is 12.9. The van der Waals surface area contributed by atoms with Crippen LogP contribution in [0.5, 0.6) is 0 Å². The Bertz CT molecular complexity index is 308. The van der Waals surface area contributed by atoms with Crippen molar-refractivity contribution >= 4 is 11.6 Å². The van der Waals surface area contributed by atoms with Crippen LogP contribution < -0.4 is 5.73 Å². The van der Waals surface area contributed by atoms with Gasteiger partial charge < -0.3 is 5.73 Å². The fourth-order valence-electron chi connectivity index (χ4n) is 0.928. The predicted molar refractivity (Wildman–Crippen MR) is 48.6 cm³/mol. The van der Waals surface area contributed by atoms with Gasteiger partial charge in [0.2, 0.25) is 0 Å². The highest BCUT2D eigenvalue weighted by molar-refractivity contribution is 6.30. The van der Waals surface area contributed by atoms with E-state index >= 15 is 0 Å². The number of benzene rings is 1. The summed E-state index contributed by atoms with van der Waals surface area (Å²) in [5.74, 6) is -1.56. The summed E-state index contributed by atoms with van der Waals surface area (Å²) in [7, 11) is 0. The molecular formula is C9H10ClF2N. The molecule has 1 rings (SSSR count). The van der Waals surface area contributed by atoms with Gasteiger partial charge in [-0.15, -0.1) is 0 Å². The Hall–Kier alpha value is -0.670. The van der Waals surface area contributed by atoms with Gasteiger partial charge >= 0.3 is 0 Å². The molecule has 0 fully saturated rings. The highest BCUT2D eigenvalue weighted by atomic mass is 35.5. The lowest BCUT2D eigenvalue weighted by atomic mass is 9.95. The SMILES string of the molecule is CC(C)(N)c1cc(F)c(Cl)c(F)c1. The molecule has 0 unspecified atom stereocenters. The van der Waals surface area contributed by atoms with Crippen LogP contribution >= 0.6 is 11.6 Å². The average molecular weight is 206 g/mol. The van der Waals surface area contributed by atoms with Gasteiger partial charge in [-0.05, 0) is 31.5 Å². The van der Waals surface area contributed by atoms with Gasteiger partial charge in [0.1, 0.15) is 16.7 Å². The molecule has 2 N–H and O–H groups in total. The molecule has 4 heteroatoms. The fraction of sp³-hybridized carbons (Fsp3) is 0.333. The molecule has 0 aliphatic heterocycles. The third-order valence-electron chi connectivity index (χ3n) is 1.73. The van der Waals surface area contributed by atoms with Crippen molar-refractivity contribution in [3.63, 3.8) is 0 Å². The Morgan fingerprint density at radius 1 is 1.23 bits per heavy atom. The van der Waals surface area contributed by atoms with Crippen molar-refractivity contribution < 1.29 is 8.78 Å². The van der Waals surface area contributed by atoms with Crippen LogP contribution in [0, 0.1) is 11.6 Å². The van der Waals surface area contributed by atoms with Gasteiger partial charge in [0.15, 0.2) is 0 Å². The normalized spacial score (nSPS) is 11.8. The predicted octanol–water partition coefficient (Wildman–Crippen LogP) is 2.81. The molecule has 0 spiro atoms. The van der Waals surface area contributed by atoms with Crippen LogP contribution in [0.2, 0.25) is 5.02 Å². The lowest BCUT2D eigenvalue weighted by Gasteiger charge is -2.19. The van der Waals surface area contributed by atoms with Crippen molar-refractivity contribution in [2.24, 2.45) is 5.73 Å². The Labute approximate surface area is 80.5 Å². The Morgan fingerprint density at radius 2 is 1.62 bits per heavy atom. The van der Waals surface area contributed by atoms with Crippen molar-refractivity contribution in [2.75, 3.05) is 0 Å². The van der Waals surface area contributed by atoms with E-state index in [0.717, 1.165) is 12.1 Å². The van der Waals surface area contributed by atoms with E-state index in [4.69, 9.17) is 17.3 Å². The second-order valence-electron chi connectivity index (χ2n) is 3.48. The van der Waals surface area contributed by atoms with Gasteiger partial charge in [-0.1, -0.05) is 11.6 Å². The number of nitrogens with two attached hydrogens (primary N) is 1. The van der Waals surface area contributed by atoms with E-state index in [1.165, 1.54) is 0 Å². The first-order chi connectivity index (χ1) is 5.82. The van der Waals surface area contributed by atoms with E-state index in [1.807, 2.05) is 0 Å². The van der Waals surface area contributed by atoms with Crippen molar-refractivity contribution in [1.82, 2.24) is 0 Å². The van der Waals surface area contributed by atoms with E-state index in [2.05, 4.69) is 0 Å². The lowest BCUT2D eigenvalue weighted by molar-refractivity contribution is 0.526. The summed E-state index contributed by atoms with van der Waals surface area (Å²) in [4.78, 5) is 0. The molecular weight excluding hydrogens is 196 g/mol. The van der Waals surface area contributed by atoms with E-state index in [-0.39, 0.29) is 0 Å². The zero-order valence-electron chi connectivity index (χ0n) is 7.37. The number of rotatable bonds is 1. The van der Waals surface area contributed by atoms with Gasteiger partial charge in [-0.25, -0.2) is 8.78 Å². The first kappa shape index (κ1) is 10.4. The number of halogens is 3. The summed E-state index contributed by atoms with van der Waals surface area (Å²) in [5, 5.41) is -0.493. The van der Waals surface area contributed by atoms with Crippen molar-refractivity contribution in [3.05, 3.63) is 34.4 Å². The lowest BCUT2D eigenvalue weighted by Crippen LogP contribution is -2.28. The molecule has 0 saturated heterocycles. The third-order valence-corrected chi connectivity index (χ3v) is 2.09. The smallest absolute Gasteiger partial charge is 0.145 e. The number of hydrogen-bond donors (Lipinski definition) is 1. The molecule has 0 saturated carbocycles. The van der Waals surface area contributed by atoms with Crippen LogP contribution in [-0.2, 0) is 5.54 Å². The van der Waals surface area contributed by atoms with E-state index in [0.29, 0.717) is 5.56 Å². The van der Waals surface area contributed by atoms with Crippen LogP contribution in [0.1, 0.15) is 19.4 Å². The monoisotopic (exact) mass is 205 g/mol. The van der Waals surface area contributed by atoms with Crippen LogP contribution in [-0.4, -0.2) is 0 Å². The minimum atomic E-state index is -0.782. The average Bonchev–Trinajstić information content (AvgIpc) is 1.97. The van der Waals surface area contributed by atoms with Crippen molar-refractivity contribution in [2.45, 2.75) is 19.4 Å². The van der Waals surface area contributed by atoms with Gasteiger partial charge in [0, 0.05) is 5.54 Å². The molecule has 0 aliphatic rings. The quantitative estimate of drug-likeness (QED) is 0.701. The van der Waals surface area contributed by atoms with Crippen LogP contribution in [0.3, 0.4) is 0 Å². The summed E-state index contributed by atoms with van der Waals surface area (Å²) in [6.45, 7) is 3.32. The second-order valence-corrected chi connectivity index (χ2v) is 3.85. The molecule has 0 heterocycles. The summed E-state index contributed by atoms with van der Waals surface area (Å²) in [6.07, 6.45) is 0. The maximum atomic E-state index is 12.9. The van der Waals surface area contributed by atoms with Gasteiger partial charge in [0.05, 0.1) is 0 Å². The molecule has 0 amide bonds. The summed E-state index contributed by atoms with van der Waals surface area (Å²) in [6, 6.07) is 2.29. The van der Waals surface area contributed by atoms with Crippen molar-refractivity contribution in [3.8, 4) is 0 Å². The topological polar surface area (TPSA) is 26.0 Å². The van der Waals surface area contributed by atoms with Crippen LogP contribution in [0.15, 0.2) is 12.1 Å². The molecule has 0 atom stereocenters. The molecule has 13 heavy (non-hydrogen) atoms. The first-order valence-corrected chi connectivity index (χ1v) is 4.14. The summed E-state index contributed by atoms with van der Waals surface area (Å²) >= 11 is 5.31. The molecule has 0 aromatic heterocycles. The Morgan fingerprint density at radius 3 is 1.92 bits per heavy atom. The highest BCUT2D eigenvalue weighted by Crippen LogP contribution is 2.25. The van der Waals surface area contributed by atoms with E-state index in [9.17, 15) is 8.78 Å². The Kier molecular flexibility index (Phi) is 2.59. The fourth-order valence-corrected chi connectivity index (χ4v) is 1.04. The van der Waals surface area contributed by atoms with Gasteiger partial charge in [-0.2, -0.15) is 0 Å². The van der Waals surface area contributed by atoms with E-state index < -0.39 is 22.2 Å². The zero-order valence-corrected chi connectivity index (χ0v) is 8.12. The van der Waals surface area contributed by atoms with Crippen LogP contribution in [0.4, 0.5) is 8.78 Å². The third kappa shape index (κ3) is 2.17. The second kappa shape index (κ2) is 3.24. The molecule has 0 aliphatic carbocycles. The van der Waals surface area contributed by atoms with E-state index in [1.54, 1.807) is 13.8 Å². The first-order valence-electron chi connectivity index (χ1n) is 3.76. The standard InChI is InChI=1S/C9H10ClF2N/c1-9(2,13)5-3-6(11)8(10)7(12)4-5/h3-4H,13H2,1-2H3. The number of hydrogen-bond acceptors (Lipinski definition) is 1. The van der Waals surface area contributed by atoms with Gasteiger partial charge in [0.25, 0.3) is 0 Å². The van der Waals surface area contributed by atoms with Crippen molar-refractivity contribution in [1.29, 1.82) is 0 Å². The van der Waals surface area contributed by atoms with Gasteiger partial charge in [-0.3, -0.25) is 0 Å². The zero-order chi connectivity index (χ0) is 10.2. The van der Waals surface area contributed by atoms with Crippen LogP contribution in [0.25, 0.3) is 0 Å². The highest BCUT2D eigenvalue weighted by Gasteiger charge is 2.18. The molecule has 1 aromatic rings. The Balaban J connectivity index is 3.29. The summed E-state index contributed by atoms with van der Waals surface area (Å²) < 4.78 is 25.9.